The molecular formula is C23H38N2O3. The molecule has 4 aliphatic carbocycles. The van der Waals surface area contributed by atoms with Crippen molar-refractivity contribution in [2.45, 2.75) is 65.2 Å². The van der Waals surface area contributed by atoms with Crippen molar-refractivity contribution in [3.05, 3.63) is 0 Å². The predicted molar refractivity (Wildman–Crippen MR) is 110 cm³/mol. The Morgan fingerprint density at radius 3 is 2.71 bits per heavy atom. The van der Waals surface area contributed by atoms with Crippen LogP contribution in [0.4, 0.5) is 0 Å². The molecule has 5 heteroatoms. The number of nitrogens with two attached hydrogens (primary N) is 1. The van der Waals surface area contributed by atoms with E-state index in [4.69, 9.17) is 15.3 Å². The summed E-state index contributed by atoms with van der Waals surface area (Å²) in [6, 6.07) is 0. The molecule has 28 heavy (non-hydrogen) atoms. The third-order valence-corrected chi connectivity index (χ3v) is 9.18. The van der Waals surface area contributed by atoms with Crippen LogP contribution in [0.1, 0.15) is 65.2 Å². The van der Waals surface area contributed by atoms with E-state index >= 15 is 0 Å². The third kappa shape index (κ3) is 3.13. The summed E-state index contributed by atoms with van der Waals surface area (Å²) in [6.45, 7) is 6.62. The molecule has 0 aliphatic heterocycles. The number of ether oxygens (including phenoxy) is 1. The monoisotopic (exact) mass is 390 g/mol. The molecule has 0 spiro atoms. The Balaban J connectivity index is 1.60. The van der Waals surface area contributed by atoms with Gasteiger partial charge in [0.15, 0.2) is 0 Å². The molecule has 0 aromatic rings. The summed E-state index contributed by atoms with van der Waals surface area (Å²) in [6.07, 6.45) is 8.66. The van der Waals surface area contributed by atoms with E-state index in [2.05, 4.69) is 19.0 Å². The van der Waals surface area contributed by atoms with Crippen molar-refractivity contribution in [1.29, 1.82) is 0 Å². The molecule has 0 aromatic heterocycles. The van der Waals surface area contributed by atoms with E-state index in [1.165, 1.54) is 25.0 Å². The van der Waals surface area contributed by atoms with E-state index in [1.807, 2.05) is 7.11 Å². The van der Waals surface area contributed by atoms with Crippen LogP contribution in [0.25, 0.3) is 0 Å². The lowest BCUT2D eigenvalue weighted by Gasteiger charge is -2.61. The van der Waals surface area contributed by atoms with Gasteiger partial charge in [0, 0.05) is 32.1 Å². The fraction of sp³-hybridized carbons (Fsp3) is 0.913. The number of rotatable bonds is 5. The molecule has 0 saturated heterocycles. The SMILES string of the molecule is COC[C@@H]1C[C@@H]2[C@H](CC[C@]3(C)C(=O)CC[C@@H]23)[C@@]2(C)CCC(=NOCCN)CC12. The summed E-state index contributed by atoms with van der Waals surface area (Å²) < 4.78 is 5.69. The van der Waals surface area contributed by atoms with Crippen molar-refractivity contribution in [2.75, 3.05) is 26.9 Å². The molecule has 0 bridgehead atoms. The molecule has 0 heterocycles. The molecular weight excluding hydrogens is 352 g/mol. The number of carbonyl (C=O) groups is 1. The first-order chi connectivity index (χ1) is 13.4. The molecule has 158 valence electrons. The van der Waals surface area contributed by atoms with Crippen LogP contribution in [0.3, 0.4) is 0 Å². The zero-order valence-electron chi connectivity index (χ0n) is 17.9. The van der Waals surface area contributed by atoms with Crippen LogP contribution in [0.5, 0.6) is 0 Å². The minimum atomic E-state index is -0.0562. The number of carbonyl (C=O) groups excluding carboxylic acids is 1. The highest BCUT2D eigenvalue weighted by Crippen LogP contribution is 2.66. The molecule has 4 saturated carbocycles. The van der Waals surface area contributed by atoms with Crippen molar-refractivity contribution in [2.24, 2.45) is 51.3 Å². The number of methoxy groups -OCH3 is 1. The number of ketones is 1. The van der Waals surface area contributed by atoms with Crippen molar-refractivity contribution < 1.29 is 14.4 Å². The lowest BCUT2D eigenvalue weighted by atomic mass is 9.43. The molecule has 0 amide bonds. The average Bonchev–Trinajstić information content (AvgIpc) is 2.98. The molecule has 2 N–H and O–H groups in total. The first-order valence-electron chi connectivity index (χ1n) is 11.3. The summed E-state index contributed by atoms with van der Waals surface area (Å²) in [5.74, 6) is 3.68. The molecule has 7 atom stereocenters. The van der Waals surface area contributed by atoms with Crippen LogP contribution in [-0.2, 0) is 14.4 Å². The number of fused-ring (bicyclic) bond motifs is 5. The standard InChI is InChI=1S/C23H38N2O3/c1-22-8-6-16(25-28-11-10-24)13-20(22)15(14-27-3)12-17-18-4-5-21(26)23(18,2)9-7-19(17)22/h15,17-20H,4-14,24H2,1-3H3/t15-,17-,18-,19-,20?,22+,23-/m0/s1. The van der Waals surface area contributed by atoms with Gasteiger partial charge in [-0.05, 0) is 80.0 Å². The van der Waals surface area contributed by atoms with Gasteiger partial charge in [-0.2, -0.15) is 0 Å². The van der Waals surface area contributed by atoms with Crippen molar-refractivity contribution >= 4 is 11.5 Å². The Hall–Kier alpha value is -0.940. The highest BCUT2D eigenvalue weighted by atomic mass is 16.6. The number of Topliss-reactive ketones (excluding diaryl/α,β-unsaturated/α-hetero) is 1. The molecule has 0 radical (unpaired) electrons. The third-order valence-electron chi connectivity index (χ3n) is 9.18. The van der Waals surface area contributed by atoms with Crippen molar-refractivity contribution in [1.82, 2.24) is 0 Å². The van der Waals surface area contributed by atoms with E-state index in [9.17, 15) is 4.79 Å². The van der Waals surface area contributed by atoms with E-state index in [0.29, 0.717) is 48.0 Å². The number of hydrogen-bond donors (Lipinski definition) is 1. The maximum Gasteiger partial charge on any atom is 0.139 e. The highest BCUT2D eigenvalue weighted by molar-refractivity contribution is 5.87. The van der Waals surface area contributed by atoms with Gasteiger partial charge in [-0.1, -0.05) is 19.0 Å². The van der Waals surface area contributed by atoms with Gasteiger partial charge in [-0.25, -0.2) is 0 Å². The Labute approximate surface area is 169 Å². The highest BCUT2D eigenvalue weighted by Gasteiger charge is 2.61. The van der Waals surface area contributed by atoms with E-state index in [1.54, 1.807) is 0 Å². The van der Waals surface area contributed by atoms with Crippen LogP contribution in [0, 0.1) is 40.4 Å². The Bertz CT molecular complexity index is 635. The fourth-order valence-corrected chi connectivity index (χ4v) is 7.74. The maximum absolute atomic E-state index is 12.7. The maximum atomic E-state index is 12.7. The predicted octanol–water partition coefficient (Wildman–Crippen LogP) is 3.80. The van der Waals surface area contributed by atoms with E-state index in [0.717, 1.165) is 44.6 Å². The van der Waals surface area contributed by atoms with Gasteiger partial charge in [0.05, 0.1) is 5.71 Å². The second kappa shape index (κ2) is 7.71. The zero-order valence-corrected chi connectivity index (χ0v) is 17.9. The van der Waals surface area contributed by atoms with Crippen LogP contribution in [-0.4, -0.2) is 38.4 Å². The van der Waals surface area contributed by atoms with Crippen LogP contribution < -0.4 is 5.73 Å². The minimum absolute atomic E-state index is 0.0562. The lowest BCUT2D eigenvalue weighted by Crippen LogP contribution is -2.57. The molecule has 4 aliphatic rings. The topological polar surface area (TPSA) is 73.9 Å². The fourth-order valence-electron chi connectivity index (χ4n) is 7.74. The Morgan fingerprint density at radius 2 is 1.96 bits per heavy atom. The van der Waals surface area contributed by atoms with Crippen LogP contribution in [0.15, 0.2) is 5.16 Å². The summed E-state index contributed by atoms with van der Waals surface area (Å²) in [5, 5.41) is 4.42. The molecule has 4 rings (SSSR count). The number of nitrogens with zero attached hydrogens (tertiary/aromatic N) is 1. The summed E-state index contributed by atoms with van der Waals surface area (Å²) in [7, 11) is 1.83. The van der Waals surface area contributed by atoms with Gasteiger partial charge in [-0.15, -0.1) is 0 Å². The first-order valence-corrected chi connectivity index (χ1v) is 11.3. The summed E-state index contributed by atoms with van der Waals surface area (Å²) >= 11 is 0. The van der Waals surface area contributed by atoms with Gasteiger partial charge >= 0.3 is 0 Å². The smallest absolute Gasteiger partial charge is 0.139 e. The Morgan fingerprint density at radius 1 is 1.14 bits per heavy atom. The zero-order chi connectivity index (χ0) is 19.9. The molecule has 5 nitrogen and oxygen atoms in total. The van der Waals surface area contributed by atoms with Gasteiger partial charge in [0.2, 0.25) is 0 Å². The lowest BCUT2D eigenvalue weighted by molar-refractivity contribution is -0.145. The van der Waals surface area contributed by atoms with Crippen molar-refractivity contribution in [3.8, 4) is 0 Å². The molecule has 4 fully saturated rings. The summed E-state index contributed by atoms with van der Waals surface area (Å²) in [5.41, 5.74) is 7.00. The van der Waals surface area contributed by atoms with Gasteiger partial charge in [-0.3, -0.25) is 4.79 Å². The molecule has 1 unspecified atom stereocenters. The van der Waals surface area contributed by atoms with Crippen LogP contribution >= 0.6 is 0 Å². The Kier molecular flexibility index (Phi) is 5.60. The number of oxime groups is 1. The van der Waals surface area contributed by atoms with Gasteiger partial charge in [0.1, 0.15) is 12.4 Å². The van der Waals surface area contributed by atoms with Crippen LogP contribution in [0.2, 0.25) is 0 Å². The van der Waals surface area contributed by atoms with Crippen molar-refractivity contribution in [3.63, 3.8) is 0 Å². The van der Waals surface area contributed by atoms with Gasteiger partial charge < -0.3 is 15.3 Å². The van der Waals surface area contributed by atoms with Gasteiger partial charge in [0.25, 0.3) is 0 Å². The second-order valence-electron chi connectivity index (χ2n) is 10.3. The van der Waals surface area contributed by atoms with E-state index in [-0.39, 0.29) is 5.41 Å². The minimum Gasteiger partial charge on any atom is -0.395 e. The number of hydrogen-bond acceptors (Lipinski definition) is 5. The molecule has 0 aromatic carbocycles. The quantitative estimate of drug-likeness (QED) is 0.572. The average molecular weight is 391 g/mol. The normalized spacial score (nSPS) is 46.8. The largest absolute Gasteiger partial charge is 0.395 e. The van der Waals surface area contributed by atoms with E-state index < -0.39 is 0 Å². The first kappa shape index (κ1) is 20.3. The second-order valence-corrected chi connectivity index (χ2v) is 10.3. The summed E-state index contributed by atoms with van der Waals surface area (Å²) in [4.78, 5) is 18.1.